The SMILES string of the molecule is CCOC(=O)N1CCN(C(=O)C2CC23CCN(Cc2nc4ccccc4s2)CC3)CC1. The highest BCUT2D eigenvalue weighted by atomic mass is 32.1. The molecule has 7 nitrogen and oxygen atoms in total. The molecule has 2 saturated heterocycles. The monoisotopic (exact) mass is 442 g/mol. The summed E-state index contributed by atoms with van der Waals surface area (Å²) in [7, 11) is 0. The summed E-state index contributed by atoms with van der Waals surface area (Å²) in [6, 6.07) is 8.31. The van der Waals surface area contributed by atoms with E-state index in [2.05, 4.69) is 23.1 Å². The fraction of sp³-hybridized carbons (Fsp3) is 0.609. The van der Waals surface area contributed by atoms with Crippen molar-refractivity contribution in [1.82, 2.24) is 19.7 Å². The lowest BCUT2D eigenvalue weighted by molar-refractivity contribution is -0.135. The van der Waals surface area contributed by atoms with Gasteiger partial charge in [0, 0.05) is 32.1 Å². The van der Waals surface area contributed by atoms with Gasteiger partial charge in [0.2, 0.25) is 5.91 Å². The molecule has 0 N–H and O–H groups in total. The van der Waals surface area contributed by atoms with Crippen LogP contribution in [0.25, 0.3) is 10.2 Å². The molecule has 3 heterocycles. The third kappa shape index (κ3) is 4.15. The molecule has 2 amide bonds. The minimum atomic E-state index is -0.266. The van der Waals surface area contributed by atoms with Crippen LogP contribution in [0.3, 0.4) is 0 Å². The van der Waals surface area contributed by atoms with Crippen LogP contribution in [-0.4, -0.2) is 77.6 Å². The molecule has 1 unspecified atom stereocenters. The van der Waals surface area contributed by atoms with Gasteiger partial charge in [0.05, 0.1) is 23.4 Å². The van der Waals surface area contributed by atoms with E-state index >= 15 is 0 Å². The van der Waals surface area contributed by atoms with Crippen molar-refractivity contribution in [1.29, 1.82) is 0 Å². The largest absolute Gasteiger partial charge is 0.450 e. The number of carbonyl (C=O) groups is 2. The van der Waals surface area contributed by atoms with Gasteiger partial charge in [-0.15, -0.1) is 11.3 Å². The van der Waals surface area contributed by atoms with Crippen LogP contribution in [0.1, 0.15) is 31.2 Å². The number of carbonyl (C=O) groups excluding carboxylic acids is 2. The molecule has 166 valence electrons. The van der Waals surface area contributed by atoms with E-state index in [0.717, 1.165) is 44.4 Å². The van der Waals surface area contributed by atoms with Gasteiger partial charge in [0.15, 0.2) is 0 Å². The number of piperazine rings is 1. The topological polar surface area (TPSA) is 66.0 Å². The number of fused-ring (bicyclic) bond motifs is 1. The summed E-state index contributed by atoms with van der Waals surface area (Å²) < 4.78 is 6.32. The van der Waals surface area contributed by atoms with E-state index in [4.69, 9.17) is 9.72 Å². The lowest BCUT2D eigenvalue weighted by Gasteiger charge is -2.36. The van der Waals surface area contributed by atoms with Crippen LogP contribution in [0.4, 0.5) is 4.79 Å². The molecule has 2 aromatic rings. The van der Waals surface area contributed by atoms with Crippen LogP contribution < -0.4 is 0 Å². The fourth-order valence-electron chi connectivity index (χ4n) is 5.13. The molecular formula is C23H30N4O3S. The number of thiazole rings is 1. The first-order chi connectivity index (χ1) is 15.1. The lowest BCUT2D eigenvalue weighted by Crippen LogP contribution is -2.51. The molecule has 5 rings (SSSR count). The number of hydrogen-bond donors (Lipinski definition) is 0. The van der Waals surface area contributed by atoms with E-state index in [9.17, 15) is 9.59 Å². The molecule has 1 spiro atoms. The maximum Gasteiger partial charge on any atom is 0.409 e. The highest BCUT2D eigenvalue weighted by Crippen LogP contribution is 2.60. The molecule has 3 aliphatic rings. The van der Waals surface area contributed by atoms with Crippen molar-refractivity contribution in [3.05, 3.63) is 29.3 Å². The first-order valence-corrected chi connectivity index (χ1v) is 12.2. The number of aromatic nitrogens is 1. The van der Waals surface area contributed by atoms with Crippen molar-refractivity contribution in [3.63, 3.8) is 0 Å². The average Bonchev–Trinajstić information content (AvgIpc) is 3.33. The zero-order valence-electron chi connectivity index (χ0n) is 18.1. The molecule has 0 bridgehead atoms. The van der Waals surface area contributed by atoms with Crippen molar-refractivity contribution in [2.45, 2.75) is 32.7 Å². The minimum Gasteiger partial charge on any atom is -0.450 e. The number of amides is 2. The second-order valence-corrected chi connectivity index (χ2v) is 10.1. The van der Waals surface area contributed by atoms with Gasteiger partial charge < -0.3 is 14.5 Å². The predicted octanol–water partition coefficient (Wildman–Crippen LogP) is 3.20. The number of hydrogen-bond acceptors (Lipinski definition) is 6. The van der Waals surface area contributed by atoms with Crippen LogP contribution in [0, 0.1) is 11.3 Å². The lowest BCUT2D eigenvalue weighted by atomic mass is 9.90. The number of nitrogens with zero attached hydrogens (tertiary/aromatic N) is 4. The Morgan fingerprint density at radius 2 is 1.81 bits per heavy atom. The molecular weight excluding hydrogens is 412 g/mol. The molecule has 8 heteroatoms. The summed E-state index contributed by atoms with van der Waals surface area (Å²) in [5.41, 5.74) is 1.30. The molecule has 1 aromatic heterocycles. The number of ether oxygens (including phenoxy) is 1. The summed E-state index contributed by atoms with van der Waals surface area (Å²) in [5, 5.41) is 1.18. The summed E-state index contributed by atoms with van der Waals surface area (Å²) in [5.74, 6) is 0.467. The van der Waals surface area contributed by atoms with Crippen molar-refractivity contribution in [3.8, 4) is 0 Å². The number of likely N-dealkylation sites (tertiary alicyclic amines) is 1. The Morgan fingerprint density at radius 3 is 2.52 bits per heavy atom. The summed E-state index contributed by atoms with van der Waals surface area (Å²) in [6.45, 7) is 7.56. The van der Waals surface area contributed by atoms with Crippen LogP contribution in [-0.2, 0) is 16.1 Å². The Balaban J connectivity index is 1.10. The van der Waals surface area contributed by atoms with E-state index < -0.39 is 0 Å². The summed E-state index contributed by atoms with van der Waals surface area (Å²) >= 11 is 1.79. The maximum atomic E-state index is 13.1. The van der Waals surface area contributed by atoms with Crippen LogP contribution in [0.15, 0.2) is 24.3 Å². The predicted molar refractivity (Wildman–Crippen MR) is 120 cm³/mol. The van der Waals surface area contributed by atoms with Crippen molar-refractivity contribution in [2.75, 3.05) is 45.9 Å². The molecule has 31 heavy (non-hydrogen) atoms. The third-order valence-corrected chi connectivity index (χ3v) is 8.18. The molecule has 1 atom stereocenters. The van der Waals surface area contributed by atoms with Gasteiger partial charge in [-0.2, -0.15) is 0 Å². The standard InChI is InChI=1S/C23H30N4O3S/c1-2-30-22(29)27-13-11-26(12-14-27)21(28)17-15-23(17)7-9-25(10-8-23)16-20-24-18-5-3-4-6-19(18)31-20/h3-6,17H,2,7-16H2,1H3. The Kier molecular flexibility index (Phi) is 5.60. The summed E-state index contributed by atoms with van der Waals surface area (Å²) in [6.07, 6.45) is 2.95. The second kappa shape index (κ2) is 8.39. The summed E-state index contributed by atoms with van der Waals surface area (Å²) in [4.78, 5) is 35.9. The fourth-order valence-corrected chi connectivity index (χ4v) is 6.14. The third-order valence-electron chi connectivity index (χ3n) is 7.15. The van der Waals surface area contributed by atoms with E-state index in [0.29, 0.717) is 38.7 Å². The van der Waals surface area contributed by atoms with Gasteiger partial charge in [0.25, 0.3) is 0 Å². The first kappa shape index (κ1) is 20.7. The number of rotatable bonds is 4. The highest BCUT2D eigenvalue weighted by molar-refractivity contribution is 7.18. The van der Waals surface area contributed by atoms with E-state index in [1.165, 1.54) is 9.71 Å². The van der Waals surface area contributed by atoms with Gasteiger partial charge in [-0.05, 0) is 56.8 Å². The first-order valence-electron chi connectivity index (χ1n) is 11.4. The van der Waals surface area contributed by atoms with Crippen molar-refractivity contribution >= 4 is 33.6 Å². The Bertz CT molecular complexity index is 928. The minimum absolute atomic E-state index is 0.172. The van der Waals surface area contributed by atoms with Gasteiger partial charge >= 0.3 is 6.09 Å². The Morgan fingerprint density at radius 1 is 1.10 bits per heavy atom. The van der Waals surface area contributed by atoms with Crippen molar-refractivity contribution < 1.29 is 14.3 Å². The van der Waals surface area contributed by atoms with Crippen LogP contribution >= 0.6 is 11.3 Å². The van der Waals surface area contributed by atoms with Crippen LogP contribution in [0.2, 0.25) is 0 Å². The number of para-hydroxylation sites is 1. The average molecular weight is 443 g/mol. The quantitative estimate of drug-likeness (QED) is 0.728. The second-order valence-electron chi connectivity index (χ2n) is 8.98. The Hall–Kier alpha value is -2.19. The molecule has 1 saturated carbocycles. The number of benzene rings is 1. The van der Waals surface area contributed by atoms with Gasteiger partial charge in [-0.25, -0.2) is 9.78 Å². The van der Waals surface area contributed by atoms with Crippen molar-refractivity contribution in [2.24, 2.45) is 11.3 Å². The maximum absolute atomic E-state index is 13.1. The Labute approximate surface area is 187 Å². The zero-order chi connectivity index (χ0) is 21.4. The molecule has 0 radical (unpaired) electrons. The van der Waals surface area contributed by atoms with Gasteiger partial charge in [-0.1, -0.05) is 12.1 Å². The van der Waals surface area contributed by atoms with E-state index in [1.54, 1.807) is 16.2 Å². The molecule has 1 aromatic carbocycles. The molecule has 1 aliphatic carbocycles. The van der Waals surface area contributed by atoms with Gasteiger partial charge in [0.1, 0.15) is 5.01 Å². The van der Waals surface area contributed by atoms with Crippen LogP contribution in [0.5, 0.6) is 0 Å². The molecule has 2 aliphatic heterocycles. The smallest absolute Gasteiger partial charge is 0.409 e. The zero-order valence-corrected chi connectivity index (χ0v) is 18.9. The van der Waals surface area contributed by atoms with Gasteiger partial charge in [-0.3, -0.25) is 9.69 Å². The van der Waals surface area contributed by atoms with E-state index in [-0.39, 0.29) is 17.4 Å². The highest BCUT2D eigenvalue weighted by Gasteiger charge is 2.59. The molecule has 3 fully saturated rings. The van der Waals surface area contributed by atoms with E-state index in [1.807, 2.05) is 17.9 Å². The normalized spacial score (nSPS) is 23.3. The number of piperidine rings is 1.